The predicted octanol–water partition coefficient (Wildman–Crippen LogP) is 3.99. The maximum Gasteiger partial charge on any atom is 0.188 e. The molecule has 3 rings (SSSR count). The van der Waals surface area contributed by atoms with Gasteiger partial charge in [0.2, 0.25) is 0 Å². The third-order valence-electron chi connectivity index (χ3n) is 3.91. The highest BCUT2D eigenvalue weighted by Crippen LogP contribution is 2.52. The molecule has 2 nitrogen and oxygen atoms in total. The van der Waals surface area contributed by atoms with Crippen LogP contribution in [0.1, 0.15) is 6.92 Å². The fourth-order valence-electron chi connectivity index (χ4n) is 2.85. The molecule has 0 saturated carbocycles. The molecular weight excluding hydrogens is 303 g/mol. The minimum atomic E-state index is -0.626. The van der Waals surface area contributed by atoms with Crippen molar-refractivity contribution in [3.63, 3.8) is 0 Å². The zero-order valence-electron chi connectivity index (χ0n) is 13.5. The second kappa shape index (κ2) is 7.12. The molecule has 0 spiro atoms. The van der Waals surface area contributed by atoms with Gasteiger partial charge in [-0.2, -0.15) is 0 Å². The van der Waals surface area contributed by atoms with Gasteiger partial charge in [-0.3, -0.25) is 0 Å². The second-order valence-electron chi connectivity index (χ2n) is 5.63. The number of hydrogen-bond donors (Lipinski definition) is 0. The Kier molecular flexibility index (Phi) is 4.95. The number of ether oxygens (including phenoxy) is 2. The summed E-state index contributed by atoms with van der Waals surface area (Å²) in [5.41, 5.74) is 0. The summed E-state index contributed by atoms with van der Waals surface area (Å²) in [5.74, 6) is 0.902. The molecule has 0 aliphatic heterocycles. The first-order valence-electron chi connectivity index (χ1n) is 7.68. The van der Waals surface area contributed by atoms with Gasteiger partial charge in [-0.05, 0) is 26.2 Å². The maximum atomic E-state index is 5.84. The maximum absolute atomic E-state index is 5.84. The third kappa shape index (κ3) is 3.39. The van der Waals surface area contributed by atoms with Gasteiger partial charge in [0.1, 0.15) is 5.75 Å². The minimum absolute atomic E-state index is 0.0107. The van der Waals surface area contributed by atoms with E-state index in [0.29, 0.717) is 0 Å². The SMILES string of the molecule is COCOc1ccccc1P(c1ccccc1)C1(C)C=CC=C1. The first-order chi connectivity index (χ1) is 11.2. The van der Waals surface area contributed by atoms with Gasteiger partial charge in [-0.15, -0.1) is 0 Å². The van der Waals surface area contributed by atoms with Crippen molar-refractivity contribution >= 4 is 18.5 Å². The van der Waals surface area contributed by atoms with E-state index in [1.54, 1.807) is 7.11 Å². The Morgan fingerprint density at radius 1 is 0.913 bits per heavy atom. The quantitative estimate of drug-likeness (QED) is 0.591. The molecule has 3 heteroatoms. The van der Waals surface area contributed by atoms with Crippen molar-refractivity contribution in [1.29, 1.82) is 0 Å². The fraction of sp³-hybridized carbons (Fsp3) is 0.200. The summed E-state index contributed by atoms with van der Waals surface area (Å²) in [5, 5.41) is 2.57. The van der Waals surface area contributed by atoms with E-state index in [0.717, 1.165) is 5.75 Å². The lowest BCUT2D eigenvalue weighted by molar-refractivity contribution is 0.0519. The largest absolute Gasteiger partial charge is 0.467 e. The molecule has 0 bridgehead atoms. The monoisotopic (exact) mass is 324 g/mol. The Hall–Kier alpha value is -1.89. The summed E-state index contributed by atoms with van der Waals surface area (Å²) < 4.78 is 10.9. The van der Waals surface area contributed by atoms with E-state index < -0.39 is 7.92 Å². The number of para-hydroxylation sites is 1. The van der Waals surface area contributed by atoms with Gasteiger partial charge in [0, 0.05) is 17.6 Å². The van der Waals surface area contributed by atoms with E-state index in [2.05, 4.69) is 73.7 Å². The number of methoxy groups -OCH3 is 1. The molecular formula is C20H21O2P. The van der Waals surface area contributed by atoms with Crippen LogP contribution in [0.15, 0.2) is 78.9 Å². The smallest absolute Gasteiger partial charge is 0.188 e. The molecule has 0 fully saturated rings. The van der Waals surface area contributed by atoms with Gasteiger partial charge in [0.05, 0.1) is 0 Å². The fourth-order valence-corrected chi connectivity index (χ4v) is 5.73. The normalized spacial score (nSPS) is 16.4. The molecule has 1 aliphatic rings. The molecule has 1 aliphatic carbocycles. The van der Waals surface area contributed by atoms with Crippen molar-refractivity contribution in [1.82, 2.24) is 0 Å². The van der Waals surface area contributed by atoms with Gasteiger partial charge >= 0.3 is 0 Å². The topological polar surface area (TPSA) is 18.5 Å². The zero-order valence-corrected chi connectivity index (χ0v) is 14.4. The Labute approximate surface area is 139 Å². The number of hydrogen-bond acceptors (Lipinski definition) is 2. The zero-order chi connectivity index (χ0) is 16.1. The van der Waals surface area contributed by atoms with E-state index in [-0.39, 0.29) is 11.9 Å². The predicted molar refractivity (Wildman–Crippen MR) is 98.3 cm³/mol. The number of benzene rings is 2. The molecule has 1 atom stereocenters. The van der Waals surface area contributed by atoms with Crippen molar-refractivity contribution in [3.8, 4) is 5.75 Å². The molecule has 0 saturated heterocycles. The lowest BCUT2D eigenvalue weighted by Gasteiger charge is -2.33. The number of rotatable bonds is 6. The van der Waals surface area contributed by atoms with E-state index in [1.165, 1.54) is 10.6 Å². The van der Waals surface area contributed by atoms with Crippen LogP contribution in [0.4, 0.5) is 0 Å². The van der Waals surface area contributed by atoms with Crippen LogP contribution in [-0.4, -0.2) is 19.1 Å². The van der Waals surface area contributed by atoms with Crippen molar-refractivity contribution in [2.75, 3.05) is 13.9 Å². The molecule has 0 N–H and O–H groups in total. The van der Waals surface area contributed by atoms with Gasteiger partial charge in [0.25, 0.3) is 0 Å². The van der Waals surface area contributed by atoms with E-state index in [9.17, 15) is 0 Å². The highest BCUT2D eigenvalue weighted by atomic mass is 31.1. The van der Waals surface area contributed by atoms with Crippen molar-refractivity contribution in [2.24, 2.45) is 0 Å². The summed E-state index contributed by atoms with van der Waals surface area (Å²) in [6.07, 6.45) is 8.85. The highest BCUT2D eigenvalue weighted by molar-refractivity contribution is 7.75. The van der Waals surface area contributed by atoms with E-state index >= 15 is 0 Å². The van der Waals surface area contributed by atoms with Crippen LogP contribution in [-0.2, 0) is 4.74 Å². The van der Waals surface area contributed by atoms with Crippen molar-refractivity contribution in [2.45, 2.75) is 12.1 Å². The first kappa shape index (κ1) is 16.0. The molecule has 0 aromatic heterocycles. The van der Waals surface area contributed by atoms with Crippen LogP contribution >= 0.6 is 7.92 Å². The Balaban J connectivity index is 2.10. The molecule has 1 unspecified atom stereocenters. The summed E-state index contributed by atoms with van der Waals surface area (Å²) in [7, 11) is 1.02. The van der Waals surface area contributed by atoms with Gasteiger partial charge in [0.15, 0.2) is 6.79 Å². The Morgan fingerprint density at radius 3 is 2.26 bits per heavy atom. The van der Waals surface area contributed by atoms with Gasteiger partial charge < -0.3 is 9.47 Å². The van der Waals surface area contributed by atoms with Crippen LogP contribution in [0.3, 0.4) is 0 Å². The summed E-state index contributed by atoms with van der Waals surface area (Å²) in [6.45, 7) is 2.55. The van der Waals surface area contributed by atoms with Crippen molar-refractivity contribution < 1.29 is 9.47 Å². The highest BCUT2D eigenvalue weighted by Gasteiger charge is 2.34. The average molecular weight is 324 g/mol. The minimum Gasteiger partial charge on any atom is -0.467 e. The molecule has 0 radical (unpaired) electrons. The third-order valence-corrected chi connectivity index (χ3v) is 6.84. The molecule has 0 amide bonds. The van der Waals surface area contributed by atoms with Crippen LogP contribution in [0.5, 0.6) is 5.75 Å². The van der Waals surface area contributed by atoms with Crippen molar-refractivity contribution in [3.05, 3.63) is 78.9 Å². The molecule has 2 aromatic carbocycles. The lowest BCUT2D eigenvalue weighted by atomic mass is 10.2. The molecule has 23 heavy (non-hydrogen) atoms. The van der Waals surface area contributed by atoms with E-state index in [4.69, 9.17) is 9.47 Å². The summed E-state index contributed by atoms with van der Waals surface area (Å²) >= 11 is 0. The number of allylic oxidation sites excluding steroid dienone is 4. The van der Waals surface area contributed by atoms with Crippen LogP contribution in [0, 0.1) is 0 Å². The van der Waals surface area contributed by atoms with Crippen LogP contribution < -0.4 is 15.3 Å². The van der Waals surface area contributed by atoms with E-state index in [1.807, 2.05) is 12.1 Å². The molecule has 118 valence electrons. The Morgan fingerprint density at radius 2 is 1.57 bits per heavy atom. The van der Waals surface area contributed by atoms with Gasteiger partial charge in [-0.25, -0.2) is 0 Å². The average Bonchev–Trinajstić information content (AvgIpc) is 3.02. The standard InChI is InChI=1S/C20H21O2P/c1-20(14-8-9-15-20)23(17-10-4-3-5-11-17)19-13-7-6-12-18(19)22-16-21-2/h3-15H,16H2,1-2H3. The molecule has 2 aromatic rings. The van der Waals surface area contributed by atoms with Gasteiger partial charge in [-0.1, -0.05) is 72.8 Å². The van der Waals surface area contributed by atoms with Crippen LogP contribution in [0.2, 0.25) is 0 Å². The summed E-state index contributed by atoms with van der Waals surface area (Å²) in [6, 6.07) is 19.0. The van der Waals surface area contributed by atoms with Crippen LogP contribution in [0.25, 0.3) is 0 Å². The summed E-state index contributed by atoms with van der Waals surface area (Å²) in [4.78, 5) is 0. The lowest BCUT2D eigenvalue weighted by Crippen LogP contribution is -2.28. The second-order valence-corrected chi connectivity index (χ2v) is 8.27. The molecule has 0 heterocycles. The first-order valence-corrected chi connectivity index (χ1v) is 9.02. The Bertz CT molecular complexity index is 695.